The average Bonchev–Trinajstić information content (AvgIpc) is 2.54. The van der Waals surface area contributed by atoms with E-state index in [-0.39, 0.29) is 12.3 Å². The number of amides is 1. The summed E-state index contributed by atoms with van der Waals surface area (Å²) in [4.78, 5) is 28.7. The molecule has 1 saturated heterocycles. The molecule has 1 aliphatic heterocycles. The second-order valence-electron chi connectivity index (χ2n) is 5.09. The van der Waals surface area contributed by atoms with Crippen LogP contribution in [0.1, 0.15) is 25.8 Å². The van der Waals surface area contributed by atoms with Gasteiger partial charge in [0.1, 0.15) is 0 Å². The molecule has 96 valence electrons. The smallest absolute Gasteiger partial charge is 0.309 e. The molecule has 0 aliphatic carbocycles. The Morgan fingerprint density at radius 1 is 1.61 bits per heavy atom. The third kappa shape index (κ3) is 2.08. The molecule has 1 N–H and O–H groups in total. The molecule has 1 atom stereocenters. The molecule has 1 aliphatic rings. The van der Waals surface area contributed by atoms with E-state index < -0.39 is 17.4 Å². The van der Waals surface area contributed by atoms with E-state index >= 15 is 0 Å². The van der Waals surface area contributed by atoms with E-state index in [1.165, 1.54) is 0 Å². The van der Waals surface area contributed by atoms with E-state index in [1.807, 2.05) is 6.07 Å². The highest BCUT2D eigenvalue weighted by molar-refractivity contribution is 5.88. The minimum atomic E-state index is -0.915. The summed E-state index contributed by atoms with van der Waals surface area (Å²) in [6.07, 6.45) is 3.43. The quantitative estimate of drug-likeness (QED) is 0.875. The number of hydrogen-bond donors (Lipinski definition) is 1. The predicted molar refractivity (Wildman–Crippen MR) is 64.6 cm³/mol. The second-order valence-corrected chi connectivity index (χ2v) is 5.09. The van der Waals surface area contributed by atoms with Crippen LogP contribution in [-0.2, 0) is 16.1 Å². The molecule has 5 heteroatoms. The molecular weight excluding hydrogens is 232 g/mol. The predicted octanol–water partition coefficient (Wildman–Crippen LogP) is 1.29. The van der Waals surface area contributed by atoms with Crippen LogP contribution in [0.4, 0.5) is 0 Å². The number of aliphatic carboxylic acids is 1. The van der Waals surface area contributed by atoms with Crippen LogP contribution in [0.15, 0.2) is 24.5 Å². The largest absolute Gasteiger partial charge is 0.481 e. The van der Waals surface area contributed by atoms with Crippen molar-refractivity contribution in [2.75, 3.05) is 0 Å². The van der Waals surface area contributed by atoms with Gasteiger partial charge in [-0.3, -0.25) is 14.6 Å². The fourth-order valence-corrected chi connectivity index (χ4v) is 2.40. The van der Waals surface area contributed by atoms with Crippen molar-refractivity contribution >= 4 is 11.9 Å². The number of rotatable bonds is 3. The van der Waals surface area contributed by atoms with Crippen molar-refractivity contribution in [3.63, 3.8) is 0 Å². The summed E-state index contributed by atoms with van der Waals surface area (Å²) in [7, 11) is 0. The van der Waals surface area contributed by atoms with Crippen LogP contribution in [0.3, 0.4) is 0 Å². The van der Waals surface area contributed by atoms with E-state index in [0.717, 1.165) is 5.56 Å². The first-order chi connectivity index (χ1) is 8.43. The Bertz CT molecular complexity index is 470. The number of aromatic nitrogens is 1. The number of hydrogen-bond acceptors (Lipinski definition) is 3. The molecule has 0 saturated carbocycles. The maximum absolute atomic E-state index is 12.0. The lowest BCUT2D eigenvalue weighted by Crippen LogP contribution is -2.45. The normalized spacial score (nSPS) is 22.2. The van der Waals surface area contributed by atoms with Gasteiger partial charge >= 0.3 is 5.97 Å². The van der Waals surface area contributed by atoms with E-state index in [2.05, 4.69) is 4.98 Å². The van der Waals surface area contributed by atoms with Gasteiger partial charge in [0.2, 0.25) is 5.91 Å². The fourth-order valence-electron chi connectivity index (χ4n) is 2.40. The number of likely N-dealkylation sites (tertiary alicyclic amines) is 1. The maximum Gasteiger partial charge on any atom is 0.309 e. The minimum Gasteiger partial charge on any atom is -0.481 e. The molecule has 5 nitrogen and oxygen atoms in total. The highest BCUT2D eigenvalue weighted by atomic mass is 16.4. The van der Waals surface area contributed by atoms with Gasteiger partial charge in [0.25, 0.3) is 0 Å². The van der Waals surface area contributed by atoms with E-state index in [0.29, 0.717) is 6.54 Å². The molecule has 0 radical (unpaired) electrons. The number of carboxylic acids is 1. The molecule has 1 fully saturated rings. The summed E-state index contributed by atoms with van der Waals surface area (Å²) in [5.74, 6) is -1.68. The van der Waals surface area contributed by atoms with E-state index in [4.69, 9.17) is 5.11 Å². The Kier molecular flexibility index (Phi) is 3.07. The zero-order chi connectivity index (χ0) is 13.3. The topological polar surface area (TPSA) is 70.5 Å². The van der Waals surface area contributed by atoms with Crippen LogP contribution in [0.25, 0.3) is 0 Å². The van der Waals surface area contributed by atoms with Gasteiger partial charge in [-0.25, -0.2) is 0 Å². The molecule has 0 aromatic carbocycles. The van der Waals surface area contributed by atoms with Gasteiger partial charge in [-0.1, -0.05) is 6.07 Å². The number of pyridine rings is 1. The van der Waals surface area contributed by atoms with Gasteiger partial charge in [-0.15, -0.1) is 0 Å². The second kappa shape index (κ2) is 4.40. The van der Waals surface area contributed by atoms with Crippen molar-refractivity contribution in [1.82, 2.24) is 9.88 Å². The first-order valence-electron chi connectivity index (χ1n) is 5.85. The minimum absolute atomic E-state index is 0.0720. The van der Waals surface area contributed by atoms with Crippen molar-refractivity contribution in [3.05, 3.63) is 30.1 Å². The van der Waals surface area contributed by atoms with Gasteiger partial charge < -0.3 is 10.0 Å². The van der Waals surface area contributed by atoms with Crippen LogP contribution >= 0.6 is 0 Å². The molecule has 0 bridgehead atoms. The molecule has 0 spiro atoms. The highest BCUT2D eigenvalue weighted by Crippen LogP contribution is 2.36. The van der Waals surface area contributed by atoms with Gasteiger partial charge in [0.05, 0.1) is 11.5 Å². The zero-order valence-corrected chi connectivity index (χ0v) is 10.5. The highest BCUT2D eigenvalue weighted by Gasteiger charge is 2.49. The first-order valence-corrected chi connectivity index (χ1v) is 5.85. The monoisotopic (exact) mass is 248 g/mol. The number of nitrogens with zero attached hydrogens (tertiary/aromatic N) is 2. The standard InChI is InChI=1S/C13H16N2O3/c1-13(2)10(12(17)18)6-11(16)15(13)8-9-4-3-5-14-7-9/h3-5,7,10H,6,8H2,1-2H3,(H,17,18). The summed E-state index contributed by atoms with van der Waals surface area (Å²) in [6, 6.07) is 3.68. The van der Waals surface area contributed by atoms with E-state index in [9.17, 15) is 9.59 Å². The maximum atomic E-state index is 12.0. The number of carboxylic acid groups (broad SMARTS) is 1. The molecule has 18 heavy (non-hydrogen) atoms. The number of carbonyl (C=O) groups excluding carboxylic acids is 1. The van der Waals surface area contributed by atoms with Gasteiger partial charge in [0, 0.05) is 25.4 Å². The van der Waals surface area contributed by atoms with Gasteiger partial charge in [0.15, 0.2) is 0 Å². The van der Waals surface area contributed by atoms with Crippen molar-refractivity contribution in [2.45, 2.75) is 32.4 Å². The average molecular weight is 248 g/mol. The van der Waals surface area contributed by atoms with Crippen LogP contribution < -0.4 is 0 Å². The lowest BCUT2D eigenvalue weighted by Gasteiger charge is -2.34. The molecule has 2 heterocycles. The summed E-state index contributed by atoms with van der Waals surface area (Å²) in [5.41, 5.74) is 0.239. The Balaban J connectivity index is 2.23. The Morgan fingerprint density at radius 3 is 2.83 bits per heavy atom. The van der Waals surface area contributed by atoms with Crippen molar-refractivity contribution in [3.8, 4) is 0 Å². The molecule has 1 amide bonds. The molecular formula is C13H16N2O3. The lowest BCUT2D eigenvalue weighted by atomic mass is 9.88. The Morgan fingerprint density at radius 2 is 2.33 bits per heavy atom. The van der Waals surface area contributed by atoms with Crippen LogP contribution in [0, 0.1) is 5.92 Å². The van der Waals surface area contributed by atoms with Crippen molar-refractivity contribution in [2.24, 2.45) is 5.92 Å². The summed E-state index contributed by atoms with van der Waals surface area (Å²) >= 11 is 0. The summed E-state index contributed by atoms with van der Waals surface area (Å²) in [6.45, 7) is 4.00. The zero-order valence-electron chi connectivity index (χ0n) is 10.5. The number of carbonyl (C=O) groups is 2. The molecule has 2 rings (SSSR count). The van der Waals surface area contributed by atoms with E-state index in [1.54, 1.807) is 37.2 Å². The Labute approximate surface area is 105 Å². The molecule has 1 aromatic rings. The van der Waals surface area contributed by atoms with Crippen molar-refractivity contribution < 1.29 is 14.7 Å². The van der Waals surface area contributed by atoms with Crippen molar-refractivity contribution in [1.29, 1.82) is 0 Å². The fraction of sp³-hybridized carbons (Fsp3) is 0.462. The Hall–Kier alpha value is -1.91. The van der Waals surface area contributed by atoms with Crippen LogP contribution in [0.5, 0.6) is 0 Å². The lowest BCUT2D eigenvalue weighted by molar-refractivity contribution is -0.144. The van der Waals surface area contributed by atoms with Gasteiger partial charge in [-0.2, -0.15) is 0 Å². The van der Waals surface area contributed by atoms with Crippen LogP contribution in [-0.4, -0.2) is 32.4 Å². The summed E-state index contributed by atoms with van der Waals surface area (Å²) in [5, 5.41) is 9.16. The summed E-state index contributed by atoms with van der Waals surface area (Å²) < 4.78 is 0. The first kappa shape index (κ1) is 12.5. The molecule has 1 aromatic heterocycles. The van der Waals surface area contributed by atoms with Gasteiger partial charge in [-0.05, 0) is 25.5 Å². The third-order valence-corrected chi connectivity index (χ3v) is 3.59. The SMILES string of the molecule is CC1(C)C(C(=O)O)CC(=O)N1Cc1cccnc1. The third-order valence-electron chi connectivity index (χ3n) is 3.59. The molecule has 1 unspecified atom stereocenters. The van der Waals surface area contributed by atoms with Crippen LogP contribution in [0.2, 0.25) is 0 Å².